The summed E-state index contributed by atoms with van der Waals surface area (Å²) in [7, 11) is 1.50. The molecule has 1 fully saturated rings. The molecule has 1 aromatic carbocycles. The Morgan fingerprint density at radius 2 is 2.00 bits per heavy atom. The van der Waals surface area contributed by atoms with Crippen LogP contribution in [0.3, 0.4) is 0 Å². The third-order valence-electron chi connectivity index (χ3n) is 4.00. The summed E-state index contributed by atoms with van der Waals surface area (Å²) in [6, 6.07) is 2.84. The van der Waals surface area contributed by atoms with Crippen LogP contribution in [0.5, 0.6) is 5.75 Å². The highest BCUT2D eigenvalue weighted by Gasteiger charge is 2.35. The summed E-state index contributed by atoms with van der Waals surface area (Å²) in [6.07, 6.45) is 5.39. The summed E-state index contributed by atoms with van der Waals surface area (Å²) in [5.41, 5.74) is 6.58. The zero-order chi connectivity index (χ0) is 13.2. The summed E-state index contributed by atoms with van der Waals surface area (Å²) in [4.78, 5) is 0. The predicted molar refractivity (Wildman–Crippen MR) is 71.8 cm³/mol. The number of methoxy groups -OCH3 is 1. The average Bonchev–Trinajstić information content (AvgIpc) is 2.41. The minimum atomic E-state index is -0.315. The van der Waals surface area contributed by atoms with Gasteiger partial charge in [0, 0.05) is 18.0 Å². The Hall–Kier alpha value is -0.800. The molecule has 0 heterocycles. The molecule has 1 saturated carbocycles. The lowest BCUT2D eigenvalue weighted by Gasteiger charge is -2.37. The largest absolute Gasteiger partial charge is 0.495 e. The van der Waals surface area contributed by atoms with E-state index >= 15 is 0 Å². The van der Waals surface area contributed by atoms with Gasteiger partial charge in [-0.1, -0.05) is 30.9 Å². The lowest BCUT2D eigenvalue weighted by molar-refractivity contribution is 0.298. The molecule has 18 heavy (non-hydrogen) atoms. The third-order valence-corrected chi connectivity index (χ3v) is 4.39. The molecule has 0 amide bonds. The van der Waals surface area contributed by atoms with Crippen LogP contribution in [0.2, 0.25) is 5.02 Å². The van der Waals surface area contributed by atoms with E-state index in [4.69, 9.17) is 22.1 Å². The van der Waals surface area contributed by atoms with Crippen molar-refractivity contribution in [3.8, 4) is 5.75 Å². The quantitative estimate of drug-likeness (QED) is 0.911. The molecule has 0 atom stereocenters. The number of ether oxygens (including phenoxy) is 1. The van der Waals surface area contributed by atoms with Gasteiger partial charge in [0.05, 0.1) is 12.1 Å². The van der Waals surface area contributed by atoms with Crippen molar-refractivity contribution in [3.63, 3.8) is 0 Å². The summed E-state index contributed by atoms with van der Waals surface area (Å²) in [6.45, 7) is 0.499. The highest BCUT2D eigenvalue weighted by Crippen LogP contribution is 2.44. The zero-order valence-electron chi connectivity index (χ0n) is 10.6. The molecular formula is C14H19ClFNO. The molecule has 1 aromatic rings. The van der Waals surface area contributed by atoms with Crippen molar-refractivity contribution in [1.82, 2.24) is 0 Å². The monoisotopic (exact) mass is 271 g/mol. The maximum absolute atomic E-state index is 13.7. The number of hydrogen-bond acceptors (Lipinski definition) is 2. The second kappa shape index (κ2) is 5.45. The minimum absolute atomic E-state index is 0.190. The molecule has 0 aromatic heterocycles. The van der Waals surface area contributed by atoms with Crippen molar-refractivity contribution in [2.45, 2.75) is 37.5 Å². The van der Waals surface area contributed by atoms with Crippen LogP contribution in [0, 0.1) is 5.82 Å². The van der Waals surface area contributed by atoms with E-state index < -0.39 is 0 Å². The van der Waals surface area contributed by atoms with E-state index in [2.05, 4.69) is 0 Å². The van der Waals surface area contributed by atoms with Crippen molar-refractivity contribution in [2.75, 3.05) is 13.7 Å². The van der Waals surface area contributed by atoms with Gasteiger partial charge in [0.15, 0.2) is 0 Å². The number of rotatable bonds is 3. The summed E-state index contributed by atoms with van der Waals surface area (Å²) in [5.74, 6) is 0.0784. The van der Waals surface area contributed by atoms with Crippen LogP contribution in [0.1, 0.15) is 37.7 Å². The van der Waals surface area contributed by atoms with Crippen molar-refractivity contribution >= 4 is 11.6 Å². The van der Waals surface area contributed by atoms with E-state index in [0.717, 1.165) is 31.2 Å². The van der Waals surface area contributed by atoms with Crippen LogP contribution >= 0.6 is 11.6 Å². The second-order valence-corrected chi connectivity index (χ2v) is 5.39. The first-order valence-corrected chi connectivity index (χ1v) is 6.74. The van der Waals surface area contributed by atoms with E-state index in [9.17, 15) is 4.39 Å². The SMILES string of the molecule is COc1cc(F)cc(C2(CN)CCCCC2)c1Cl. The van der Waals surface area contributed by atoms with Crippen LogP contribution in [0.25, 0.3) is 0 Å². The van der Waals surface area contributed by atoms with Crippen LogP contribution in [0.4, 0.5) is 4.39 Å². The fraction of sp³-hybridized carbons (Fsp3) is 0.571. The van der Waals surface area contributed by atoms with Gasteiger partial charge in [-0.3, -0.25) is 0 Å². The second-order valence-electron chi connectivity index (χ2n) is 5.01. The maximum Gasteiger partial charge on any atom is 0.140 e. The van der Waals surface area contributed by atoms with Gasteiger partial charge in [-0.25, -0.2) is 4.39 Å². The summed E-state index contributed by atoms with van der Waals surface area (Å²) >= 11 is 6.34. The van der Waals surface area contributed by atoms with Gasteiger partial charge in [-0.15, -0.1) is 0 Å². The lowest BCUT2D eigenvalue weighted by atomic mass is 9.69. The van der Waals surface area contributed by atoms with E-state index in [1.807, 2.05) is 0 Å². The Morgan fingerprint density at radius 1 is 1.33 bits per heavy atom. The Balaban J connectivity index is 2.50. The molecule has 0 aliphatic heterocycles. The third kappa shape index (κ3) is 2.34. The number of hydrogen-bond donors (Lipinski definition) is 1. The Bertz CT molecular complexity index is 430. The van der Waals surface area contributed by atoms with E-state index in [0.29, 0.717) is 17.3 Å². The van der Waals surface area contributed by atoms with E-state index in [-0.39, 0.29) is 11.2 Å². The van der Waals surface area contributed by atoms with E-state index in [1.54, 1.807) is 0 Å². The van der Waals surface area contributed by atoms with Crippen molar-refractivity contribution in [1.29, 1.82) is 0 Å². The topological polar surface area (TPSA) is 35.2 Å². The molecule has 100 valence electrons. The van der Waals surface area contributed by atoms with Crippen molar-refractivity contribution in [2.24, 2.45) is 5.73 Å². The summed E-state index contributed by atoms with van der Waals surface area (Å²) < 4.78 is 18.8. The van der Waals surface area contributed by atoms with Crippen molar-refractivity contribution in [3.05, 3.63) is 28.5 Å². The highest BCUT2D eigenvalue weighted by molar-refractivity contribution is 6.33. The smallest absolute Gasteiger partial charge is 0.140 e. The normalized spacial score (nSPS) is 18.7. The molecule has 0 bridgehead atoms. The number of halogens is 2. The van der Waals surface area contributed by atoms with Gasteiger partial charge in [0.2, 0.25) is 0 Å². The Morgan fingerprint density at radius 3 is 2.56 bits per heavy atom. The molecule has 1 aliphatic rings. The zero-order valence-corrected chi connectivity index (χ0v) is 11.4. The maximum atomic E-state index is 13.7. The first-order valence-electron chi connectivity index (χ1n) is 6.36. The minimum Gasteiger partial charge on any atom is -0.495 e. The first-order chi connectivity index (χ1) is 8.63. The molecular weight excluding hydrogens is 253 g/mol. The van der Waals surface area contributed by atoms with Crippen LogP contribution in [-0.2, 0) is 5.41 Å². The van der Waals surface area contributed by atoms with Gasteiger partial charge in [0.1, 0.15) is 11.6 Å². The van der Waals surface area contributed by atoms with Crippen LogP contribution in [-0.4, -0.2) is 13.7 Å². The highest BCUT2D eigenvalue weighted by atomic mass is 35.5. The molecule has 2 rings (SSSR count). The number of nitrogens with two attached hydrogens (primary N) is 1. The Labute approximate surface area is 112 Å². The lowest BCUT2D eigenvalue weighted by Crippen LogP contribution is -2.37. The molecule has 2 nitrogen and oxygen atoms in total. The molecule has 2 N–H and O–H groups in total. The molecule has 0 saturated heterocycles. The molecule has 0 radical (unpaired) electrons. The Kier molecular flexibility index (Phi) is 4.13. The fourth-order valence-corrected chi connectivity index (χ4v) is 3.30. The van der Waals surface area contributed by atoms with Gasteiger partial charge in [-0.2, -0.15) is 0 Å². The standard InChI is InChI=1S/C14H19ClFNO/c1-18-12-8-10(16)7-11(13(12)15)14(9-17)5-3-2-4-6-14/h7-8H,2-6,9,17H2,1H3. The van der Waals surface area contributed by atoms with Gasteiger partial charge in [0.25, 0.3) is 0 Å². The van der Waals surface area contributed by atoms with Gasteiger partial charge < -0.3 is 10.5 Å². The van der Waals surface area contributed by atoms with E-state index in [1.165, 1.54) is 25.7 Å². The molecule has 0 spiro atoms. The molecule has 4 heteroatoms. The van der Waals surface area contributed by atoms with Gasteiger partial charge in [-0.05, 0) is 24.5 Å². The predicted octanol–water partition coefficient (Wildman–Crippen LogP) is 3.65. The first kappa shape index (κ1) is 13.6. The van der Waals surface area contributed by atoms with Crippen LogP contribution in [0.15, 0.2) is 12.1 Å². The van der Waals surface area contributed by atoms with Gasteiger partial charge >= 0.3 is 0 Å². The van der Waals surface area contributed by atoms with Crippen molar-refractivity contribution < 1.29 is 9.13 Å². The average molecular weight is 272 g/mol. The fourth-order valence-electron chi connectivity index (χ4n) is 2.91. The number of benzene rings is 1. The van der Waals surface area contributed by atoms with Crippen LogP contribution < -0.4 is 10.5 Å². The molecule has 0 unspecified atom stereocenters. The molecule has 1 aliphatic carbocycles. The summed E-state index contributed by atoms with van der Waals surface area (Å²) in [5, 5.41) is 0.506.